The normalized spacial score (nSPS) is 31.3. The number of β-lactam (4-membered cyclic amide) rings is 1. The molecule has 122 valence electrons. The number of nitrogens with zero attached hydrogens (tertiary/aromatic N) is 1. The van der Waals surface area contributed by atoms with Crippen LogP contribution in [0.3, 0.4) is 0 Å². The molecule has 4 N–H and O–H groups in total. The number of aliphatic carboxylic acids is 1. The highest BCUT2D eigenvalue weighted by molar-refractivity contribution is 8.01. The summed E-state index contributed by atoms with van der Waals surface area (Å²) in [5.74, 6) is -1.82. The van der Waals surface area contributed by atoms with Gasteiger partial charge in [-0.25, -0.2) is 4.79 Å². The van der Waals surface area contributed by atoms with Crippen LogP contribution < -0.4 is 11.1 Å². The number of nitrogens with two attached hydrogens (primary N) is 1. The highest BCUT2D eigenvalue weighted by atomic mass is 32.2. The topological polar surface area (TPSA) is 113 Å². The number of carbonyl (C=O) groups excluding carboxylic acids is 2. The lowest BCUT2D eigenvalue weighted by Crippen LogP contribution is -2.71. The molecule has 0 radical (unpaired) electrons. The van der Waals surface area contributed by atoms with E-state index in [0.717, 1.165) is 0 Å². The number of carbonyl (C=O) groups is 3. The zero-order chi connectivity index (χ0) is 16.8. The van der Waals surface area contributed by atoms with Gasteiger partial charge in [-0.15, -0.1) is 11.8 Å². The number of amides is 2. The second kappa shape index (κ2) is 5.58. The molecule has 2 fully saturated rings. The predicted molar refractivity (Wildman–Crippen MR) is 83.1 cm³/mol. The van der Waals surface area contributed by atoms with E-state index in [1.807, 2.05) is 0 Å². The van der Waals surface area contributed by atoms with Crippen molar-refractivity contribution < 1.29 is 19.5 Å². The van der Waals surface area contributed by atoms with Gasteiger partial charge in [0.15, 0.2) is 0 Å². The van der Waals surface area contributed by atoms with Crippen LogP contribution in [0.1, 0.15) is 27.7 Å². The number of thioether (sulfide) groups is 1. The maximum absolute atomic E-state index is 12.2. The fraction of sp³-hybridized carbons (Fsp3) is 0.643. The molecule has 2 rings (SSSR count). The van der Waals surface area contributed by atoms with Crippen LogP contribution in [0.15, 0.2) is 11.6 Å². The molecular formula is C14H21N3O4S. The van der Waals surface area contributed by atoms with E-state index >= 15 is 0 Å². The smallest absolute Gasteiger partial charge is 0.327 e. The van der Waals surface area contributed by atoms with Crippen LogP contribution in [0, 0.1) is 0 Å². The molecule has 2 heterocycles. The molecule has 8 heteroatoms. The monoisotopic (exact) mass is 327 g/mol. The van der Waals surface area contributed by atoms with Crippen molar-refractivity contribution in [2.45, 2.75) is 55.9 Å². The van der Waals surface area contributed by atoms with E-state index in [2.05, 4.69) is 5.32 Å². The molecule has 0 aromatic rings. The predicted octanol–water partition coefficient (Wildman–Crippen LogP) is -0.0884. The number of fused-ring (bicyclic) bond motifs is 1. The van der Waals surface area contributed by atoms with Crippen LogP contribution in [0.4, 0.5) is 0 Å². The summed E-state index contributed by atoms with van der Waals surface area (Å²) in [5, 5.41) is 11.6. The number of hydrogen-bond donors (Lipinski definition) is 3. The Morgan fingerprint density at radius 1 is 1.50 bits per heavy atom. The summed E-state index contributed by atoms with van der Waals surface area (Å²) < 4.78 is -0.604. The summed E-state index contributed by atoms with van der Waals surface area (Å²) >= 11 is 1.39. The van der Waals surface area contributed by atoms with Gasteiger partial charge < -0.3 is 21.1 Å². The van der Waals surface area contributed by atoms with E-state index in [1.54, 1.807) is 33.8 Å². The van der Waals surface area contributed by atoms with Crippen LogP contribution in [0.5, 0.6) is 0 Å². The second-order valence-corrected chi connectivity index (χ2v) is 7.87. The Morgan fingerprint density at radius 2 is 2.09 bits per heavy atom. The van der Waals surface area contributed by atoms with Gasteiger partial charge in [0.2, 0.25) is 11.8 Å². The molecule has 2 amide bonds. The third-order valence-electron chi connectivity index (χ3n) is 4.20. The van der Waals surface area contributed by atoms with Gasteiger partial charge in [0.1, 0.15) is 23.5 Å². The van der Waals surface area contributed by atoms with Gasteiger partial charge in [-0.3, -0.25) is 9.59 Å². The standard InChI is InChI=1S/C14H21N3O4S/c1-5-6(2)7(15)10(18)16-8-11(19)17-9(13(20)21)14(3,4)22-12(8)17/h5,7-9,12H,15H2,1-4H3,(H,16,18)(H,20,21)/b6-5+/t7?,8-,9-,12+/m0/s1. The highest BCUT2D eigenvalue weighted by Crippen LogP contribution is 2.50. The van der Waals surface area contributed by atoms with Crippen molar-refractivity contribution >= 4 is 29.5 Å². The van der Waals surface area contributed by atoms with Crippen molar-refractivity contribution in [1.29, 1.82) is 0 Å². The molecule has 0 aromatic carbocycles. The fourth-order valence-electron chi connectivity index (χ4n) is 2.77. The molecule has 0 spiro atoms. The first-order valence-electron chi connectivity index (χ1n) is 7.03. The summed E-state index contributed by atoms with van der Waals surface area (Å²) in [6.45, 7) is 7.10. The lowest BCUT2D eigenvalue weighted by molar-refractivity contribution is -0.161. The first-order valence-corrected chi connectivity index (χ1v) is 7.91. The Balaban J connectivity index is 2.11. The maximum atomic E-state index is 12.2. The molecule has 0 bridgehead atoms. The molecule has 0 aromatic heterocycles. The fourth-order valence-corrected chi connectivity index (χ4v) is 4.40. The van der Waals surface area contributed by atoms with Crippen molar-refractivity contribution in [3.8, 4) is 0 Å². The van der Waals surface area contributed by atoms with E-state index < -0.39 is 34.7 Å². The molecule has 0 saturated carbocycles. The third-order valence-corrected chi connectivity index (χ3v) is 5.77. The Bertz CT molecular complexity index is 560. The second-order valence-electron chi connectivity index (χ2n) is 6.09. The molecule has 0 aliphatic carbocycles. The molecule has 1 unspecified atom stereocenters. The number of carboxylic acid groups (broad SMARTS) is 1. The van der Waals surface area contributed by atoms with Crippen LogP contribution in [0.2, 0.25) is 0 Å². The van der Waals surface area contributed by atoms with E-state index in [1.165, 1.54) is 16.7 Å². The van der Waals surface area contributed by atoms with Gasteiger partial charge in [-0.05, 0) is 27.7 Å². The summed E-state index contributed by atoms with van der Waals surface area (Å²) in [4.78, 5) is 37.0. The lowest BCUT2D eigenvalue weighted by Gasteiger charge is -2.43. The van der Waals surface area contributed by atoms with Crippen molar-refractivity contribution in [2.75, 3.05) is 0 Å². The minimum absolute atomic E-state index is 0.356. The zero-order valence-electron chi connectivity index (χ0n) is 13.0. The van der Waals surface area contributed by atoms with Gasteiger partial charge in [0.05, 0.1) is 0 Å². The first kappa shape index (κ1) is 16.8. The maximum Gasteiger partial charge on any atom is 0.327 e. The van der Waals surface area contributed by atoms with Crippen molar-refractivity contribution in [2.24, 2.45) is 5.73 Å². The molecule has 4 atom stereocenters. The summed E-state index contributed by atoms with van der Waals surface area (Å²) in [5.41, 5.74) is 6.52. The molecule has 7 nitrogen and oxygen atoms in total. The van der Waals surface area contributed by atoms with Crippen LogP contribution >= 0.6 is 11.8 Å². The summed E-state index contributed by atoms with van der Waals surface area (Å²) in [7, 11) is 0. The quantitative estimate of drug-likeness (QED) is 0.491. The minimum Gasteiger partial charge on any atom is -0.480 e. The number of allylic oxidation sites excluding steroid dienone is 1. The van der Waals surface area contributed by atoms with E-state index in [-0.39, 0.29) is 11.3 Å². The summed E-state index contributed by atoms with van der Waals surface area (Å²) in [6.07, 6.45) is 1.74. The van der Waals surface area contributed by atoms with Crippen LogP contribution in [-0.2, 0) is 14.4 Å². The number of rotatable bonds is 4. The van der Waals surface area contributed by atoms with Crippen molar-refractivity contribution in [3.63, 3.8) is 0 Å². The van der Waals surface area contributed by atoms with E-state index in [0.29, 0.717) is 5.57 Å². The molecule has 2 aliphatic rings. The van der Waals surface area contributed by atoms with Crippen LogP contribution in [-0.4, -0.2) is 56.0 Å². The Morgan fingerprint density at radius 3 is 2.59 bits per heavy atom. The van der Waals surface area contributed by atoms with Crippen molar-refractivity contribution in [1.82, 2.24) is 10.2 Å². The molecule has 22 heavy (non-hydrogen) atoms. The molecular weight excluding hydrogens is 306 g/mol. The van der Waals surface area contributed by atoms with Gasteiger partial charge in [-0.1, -0.05) is 11.6 Å². The highest BCUT2D eigenvalue weighted by Gasteiger charge is 2.64. The number of nitrogens with one attached hydrogen (secondary N) is 1. The van der Waals surface area contributed by atoms with E-state index in [9.17, 15) is 19.5 Å². The molecule has 2 aliphatic heterocycles. The average molecular weight is 327 g/mol. The number of carboxylic acids is 1. The number of hydrogen-bond acceptors (Lipinski definition) is 5. The lowest BCUT2D eigenvalue weighted by atomic mass is 9.95. The summed E-state index contributed by atoms with van der Waals surface area (Å²) in [6, 6.07) is -2.40. The Labute approximate surface area is 133 Å². The Hall–Kier alpha value is -1.54. The third kappa shape index (κ3) is 2.50. The minimum atomic E-state index is -1.03. The molecule has 2 saturated heterocycles. The average Bonchev–Trinajstić information content (AvgIpc) is 2.71. The Kier molecular flexibility index (Phi) is 4.27. The van der Waals surface area contributed by atoms with Gasteiger partial charge >= 0.3 is 5.97 Å². The van der Waals surface area contributed by atoms with Crippen LogP contribution in [0.25, 0.3) is 0 Å². The largest absolute Gasteiger partial charge is 0.480 e. The SMILES string of the molecule is C/C=C(\C)C(N)C(=O)N[C@H]1C(=O)N2[C@@H]1SC(C)(C)[C@@H]2C(=O)O. The van der Waals surface area contributed by atoms with Crippen molar-refractivity contribution in [3.05, 3.63) is 11.6 Å². The van der Waals surface area contributed by atoms with Gasteiger partial charge in [0.25, 0.3) is 0 Å². The van der Waals surface area contributed by atoms with E-state index in [4.69, 9.17) is 5.73 Å². The van der Waals surface area contributed by atoms with Gasteiger partial charge in [0, 0.05) is 4.75 Å². The first-order chi connectivity index (χ1) is 10.1. The zero-order valence-corrected chi connectivity index (χ0v) is 13.8. The van der Waals surface area contributed by atoms with Gasteiger partial charge in [-0.2, -0.15) is 0 Å².